The predicted molar refractivity (Wildman–Crippen MR) is 77.2 cm³/mol. The molecular formula is C15H16ClNO3. The van der Waals surface area contributed by atoms with E-state index >= 15 is 0 Å². The van der Waals surface area contributed by atoms with Crippen LogP contribution in [0.2, 0.25) is 5.02 Å². The van der Waals surface area contributed by atoms with Crippen LogP contribution in [0, 0.1) is 6.92 Å². The van der Waals surface area contributed by atoms with Gasteiger partial charge in [0.05, 0.1) is 24.4 Å². The van der Waals surface area contributed by atoms with Gasteiger partial charge in [-0.15, -0.1) is 0 Å². The summed E-state index contributed by atoms with van der Waals surface area (Å²) in [5.74, 6) is 1.22. The molecule has 1 aromatic heterocycles. The minimum atomic E-state index is -0.125. The molecule has 0 radical (unpaired) electrons. The zero-order chi connectivity index (χ0) is 14.5. The zero-order valence-electron chi connectivity index (χ0n) is 11.4. The molecule has 106 valence electrons. The van der Waals surface area contributed by atoms with Crippen LogP contribution in [-0.2, 0) is 13.2 Å². The molecule has 0 spiro atoms. The third kappa shape index (κ3) is 3.40. The Hall–Kier alpha value is -1.78. The first-order valence-electron chi connectivity index (χ1n) is 6.16. The van der Waals surface area contributed by atoms with E-state index in [0.717, 1.165) is 17.1 Å². The summed E-state index contributed by atoms with van der Waals surface area (Å²) < 4.78 is 10.9. The van der Waals surface area contributed by atoms with Crippen molar-refractivity contribution in [3.63, 3.8) is 0 Å². The van der Waals surface area contributed by atoms with Gasteiger partial charge in [-0.2, -0.15) is 0 Å². The van der Waals surface area contributed by atoms with E-state index in [4.69, 9.17) is 21.1 Å². The maximum atomic E-state index is 9.29. The molecule has 1 aromatic carbocycles. The van der Waals surface area contributed by atoms with Crippen molar-refractivity contribution in [2.24, 2.45) is 0 Å². The molecule has 4 nitrogen and oxygen atoms in total. The largest absolute Gasteiger partial charge is 0.497 e. The third-order valence-corrected chi connectivity index (χ3v) is 3.10. The third-order valence-electron chi connectivity index (χ3n) is 2.80. The molecule has 0 atom stereocenters. The zero-order valence-corrected chi connectivity index (χ0v) is 12.1. The monoisotopic (exact) mass is 293 g/mol. The second kappa shape index (κ2) is 6.59. The summed E-state index contributed by atoms with van der Waals surface area (Å²) in [7, 11) is 1.61. The molecule has 2 aromatic rings. The van der Waals surface area contributed by atoms with Crippen LogP contribution < -0.4 is 9.47 Å². The number of aliphatic hydroxyl groups is 1. The molecule has 0 amide bonds. The highest BCUT2D eigenvalue weighted by atomic mass is 35.5. The Labute approximate surface area is 122 Å². The second-order valence-electron chi connectivity index (χ2n) is 4.31. The molecule has 2 rings (SSSR count). The van der Waals surface area contributed by atoms with Crippen LogP contribution in [0.4, 0.5) is 0 Å². The van der Waals surface area contributed by atoms with E-state index < -0.39 is 0 Å². The highest BCUT2D eigenvalue weighted by Crippen LogP contribution is 2.29. The first-order chi connectivity index (χ1) is 9.63. The Morgan fingerprint density at radius 2 is 2.10 bits per heavy atom. The first-order valence-corrected chi connectivity index (χ1v) is 6.54. The number of pyridine rings is 1. The number of methoxy groups -OCH3 is 1. The standard InChI is InChI=1S/C15H16ClNO3/c1-10-6-13(19-2)7-12(17-10)9-20-15-11(8-18)4-3-5-14(15)16/h3-7,18H,8-9H2,1-2H3. The van der Waals surface area contributed by atoms with Crippen molar-refractivity contribution in [2.45, 2.75) is 20.1 Å². The van der Waals surface area contributed by atoms with Gasteiger partial charge in [0.1, 0.15) is 18.1 Å². The van der Waals surface area contributed by atoms with Crippen molar-refractivity contribution in [3.8, 4) is 11.5 Å². The van der Waals surface area contributed by atoms with Gasteiger partial charge < -0.3 is 14.6 Å². The van der Waals surface area contributed by atoms with Crippen LogP contribution in [0.1, 0.15) is 17.0 Å². The highest BCUT2D eigenvalue weighted by molar-refractivity contribution is 6.32. The van der Waals surface area contributed by atoms with Gasteiger partial charge in [0.25, 0.3) is 0 Å². The molecule has 1 heterocycles. The van der Waals surface area contributed by atoms with Crippen LogP contribution in [0.3, 0.4) is 0 Å². The van der Waals surface area contributed by atoms with Crippen molar-refractivity contribution in [1.82, 2.24) is 4.98 Å². The molecule has 5 heteroatoms. The van der Waals surface area contributed by atoms with Gasteiger partial charge in [0, 0.05) is 23.4 Å². The van der Waals surface area contributed by atoms with Gasteiger partial charge >= 0.3 is 0 Å². The fraction of sp³-hybridized carbons (Fsp3) is 0.267. The lowest BCUT2D eigenvalue weighted by molar-refractivity contribution is 0.257. The molecule has 0 bridgehead atoms. The fourth-order valence-corrected chi connectivity index (χ4v) is 2.13. The number of rotatable bonds is 5. The Morgan fingerprint density at radius 1 is 1.30 bits per heavy atom. The minimum absolute atomic E-state index is 0.125. The van der Waals surface area contributed by atoms with E-state index in [-0.39, 0.29) is 13.2 Å². The van der Waals surface area contributed by atoms with Crippen molar-refractivity contribution in [2.75, 3.05) is 7.11 Å². The van der Waals surface area contributed by atoms with Crippen LogP contribution in [0.15, 0.2) is 30.3 Å². The molecule has 0 aliphatic rings. The van der Waals surface area contributed by atoms with Crippen LogP contribution in [-0.4, -0.2) is 17.2 Å². The summed E-state index contributed by atoms with van der Waals surface area (Å²) in [6.07, 6.45) is 0. The maximum absolute atomic E-state index is 9.29. The van der Waals surface area contributed by atoms with Crippen molar-refractivity contribution >= 4 is 11.6 Å². The van der Waals surface area contributed by atoms with E-state index in [1.54, 1.807) is 25.3 Å². The number of ether oxygens (including phenoxy) is 2. The summed E-state index contributed by atoms with van der Waals surface area (Å²) in [5.41, 5.74) is 2.24. The van der Waals surface area contributed by atoms with Crippen LogP contribution >= 0.6 is 11.6 Å². The Bertz CT molecular complexity index is 602. The lowest BCUT2D eigenvalue weighted by atomic mass is 10.2. The topological polar surface area (TPSA) is 51.6 Å². The van der Waals surface area contributed by atoms with Gasteiger partial charge in [-0.25, -0.2) is 0 Å². The normalized spacial score (nSPS) is 10.4. The number of aromatic nitrogens is 1. The molecule has 20 heavy (non-hydrogen) atoms. The lowest BCUT2D eigenvalue weighted by Crippen LogP contribution is -2.03. The van der Waals surface area contributed by atoms with Gasteiger partial charge in [-0.3, -0.25) is 4.98 Å². The van der Waals surface area contributed by atoms with Gasteiger partial charge in [-0.1, -0.05) is 23.7 Å². The Balaban J connectivity index is 2.19. The predicted octanol–water partition coefficient (Wildman–Crippen LogP) is 3.12. The van der Waals surface area contributed by atoms with E-state index in [0.29, 0.717) is 16.3 Å². The molecule has 0 aliphatic carbocycles. The molecular weight excluding hydrogens is 278 g/mol. The number of halogens is 1. The molecule has 0 fully saturated rings. The number of hydrogen-bond donors (Lipinski definition) is 1. The molecule has 0 saturated carbocycles. The van der Waals surface area contributed by atoms with Gasteiger partial charge in [-0.05, 0) is 13.0 Å². The number of aliphatic hydroxyl groups excluding tert-OH is 1. The minimum Gasteiger partial charge on any atom is -0.497 e. The quantitative estimate of drug-likeness (QED) is 0.920. The fourth-order valence-electron chi connectivity index (χ4n) is 1.88. The maximum Gasteiger partial charge on any atom is 0.143 e. The summed E-state index contributed by atoms with van der Waals surface area (Å²) >= 11 is 6.08. The number of para-hydroxylation sites is 1. The summed E-state index contributed by atoms with van der Waals surface area (Å²) in [4.78, 5) is 4.37. The number of nitrogens with zero attached hydrogens (tertiary/aromatic N) is 1. The smallest absolute Gasteiger partial charge is 0.143 e. The average Bonchev–Trinajstić information content (AvgIpc) is 2.45. The Kier molecular flexibility index (Phi) is 4.82. The second-order valence-corrected chi connectivity index (χ2v) is 4.72. The van der Waals surface area contributed by atoms with Crippen LogP contribution in [0.5, 0.6) is 11.5 Å². The van der Waals surface area contributed by atoms with E-state index in [1.807, 2.05) is 19.1 Å². The summed E-state index contributed by atoms with van der Waals surface area (Å²) in [6, 6.07) is 8.92. The molecule has 0 unspecified atom stereocenters. The number of aryl methyl sites for hydroxylation is 1. The van der Waals surface area contributed by atoms with Crippen molar-refractivity contribution in [1.29, 1.82) is 0 Å². The lowest BCUT2D eigenvalue weighted by Gasteiger charge is -2.12. The molecule has 0 aliphatic heterocycles. The summed E-state index contributed by atoms with van der Waals surface area (Å²) in [5, 5.41) is 9.76. The van der Waals surface area contributed by atoms with E-state index in [1.165, 1.54) is 0 Å². The van der Waals surface area contributed by atoms with Crippen molar-refractivity contribution < 1.29 is 14.6 Å². The van der Waals surface area contributed by atoms with Gasteiger partial charge in [0.15, 0.2) is 0 Å². The highest BCUT2D eigenvalue weighted by Gasteiger charge is 2.09. The van der Waals surface area contributed by atoms with Crippen LogP contribution in [0.25, 0.3) is 0 Å². The number of hydrogen-bond acceptors (Lipinski definition) is 4. The average molecular weight is 294 g/mol. The van der Waals surface area contributed by atoms with Gasteiger partial charge in [0.2, 0.25) is 0 Å². The van der Waals surface area contributed by atoms with E-state index in [9.17, 15) is 5.11 Å². The van der Waals surface area contributed by atoms with Crippen molar-refractivity contribution in [3.05, 3.63) is 52.3 Å². The number of benzene rings is 1. The SMILES string of the molecule is COc1cc(C)nc(COc2c(Cl)cccc2CO)c1. The molecule has 0 saturated heterocycles. The van der Waals surface area contributed by atoms with E-state index in [2.05, 4.69) is 4.98 Å². The Morgan fingerprint density at radius 3 is 2.80 bits per heavy atom. The first kappa shape index (κ1) is 14.6. The summed E-state index contributed by atoms with van der Waals surface area (Å²) in [6.45, 7) is 2.02. The molecule has 1 N–H and O–H groups in total.